The van der Waals surface area contributed by atoms with Gasteiger partial charge in [0.25, 0.3) is 11.8 Å². The van der Waals surface area contributed by atoms with E-state index in [1.54, 1.807) is 13.0 Å². The molecule has 0 saturated carbocycles. The summed E-state index contributed by atoms with van der Waals surface area (Å²) in [6.45, 7) is 3.48. The number of primary amides is 1. The van der Waals surface area contributed by atoms with Crippen molar-refractivity contribution in [3.8, 4) is 17.9 Å². The number of hydrogen-bond donors (Lipinski definition) is 2. The number of nitrogens with one attached hydrogen (secondary N) is 1. The third-order valence-electron chi connectivity index (χ3n) is 4.67. The van der Waals surface area contributed by atoms with E-state index in [9.17, 15) is 19.2 Å². The van der Waals surface area contributed by atoms with Gasteiger partial charge in [-0.15, -0.1) is 0 Å². The summed E-state index contributed by atoms with van der Waals surface area (Å²) in [7, 11) is 0. The molecule has 1 aromatic heterocycles. The van der Waals surface area contributed by atoms with Gasteiger partial charge < -0.3 is 15.6 Å². The second-order valence-corrected chi connectivity index (χ2v) is 6.35. The summed E-state index contributed by atoms with van der Waals surface area (Å²) >= 11 is 0. The highest BCUT2D eigenvalue weighted by Gasteiger charge is 2.30. The molecule has 2 heterocycles. The molecule has 1 aliphatic rings. The number of nitriles is 1. The molecular weight excluding hydrogens is 366 g/mol. The summed E-state index contributed by atoms with van der Waals surface area (Å²) in [6.07, 6.45) is 2.10. The van der Waals surface area contributed by atoms with Gasteiger partial charge in [0.15, 0.2) is 11.6 Å². The third-order valence-corrected chi connectivity index (χ3v) is 4.67. The maximum atomic E-state index is 15.1. The van der Waals surface area contributed by atoms with Crippen LogP contribution in [0.5, 0.6) is 0 Å². The first-order chi connectivity index (χ1) is 13.3. The lowest BCUT2D eigenvalue weighted by Crippen LogP contribution is -2.34. The van der Waals surface area contributed by atoms with Crippen molar-refractivity contribution in [2.45, 2.75) is 20.3 Å². The average molecular weight is 382 g/mol. The quantitative estimate of drug-likeness (QED) is 0.780. The van der Waals surface area contributed by atoms with Crippen molar-refractivity contribution < 1.29 is 18.4 Å². The standard InChI is InChI=1S/C20H16F2N4O2/c1-3-5-13(27)26-7-4-6-11(9-26)14-15-12(8-23)10(2)25-19(15)16(20(24)28)18(22)17(14)21/h6,25H,4,7,9H2,1-2H3,(H2,24,28). The second kappa shape index (κ2) is 7.16. The zero-order valence-electron chi connectivity index (χ0n) is 15.2. The van der Waals surface area contributed by atoms with E-state index >= 15 is 4.39 Å². The molecule has 1 aromatic carbocycles. The number of aryl methyl sites for hydroxylation is 1. The minimum atomic E-state index is -1.39. The van der Waals surface area contributed by atoms with E-state index in [4.69, 9.17) is 5.73 Å². The number of aromatic nitrogens is 1. The van der Waals surface area contributed by atoms with Crippen LogP contribution in [0.2, 0.25) is 0 Å². The average Bonchev–Trinajstić information content (AvgIpc) is 2.97. The van der Waals surface area contributed by atoms with Crippen molar-refractivity contribution in [1.29, 1.82) is 5.26 Å². The van der Waals surface area contributed by atoms with E-state index in [2.05, 4.69) is 16.8 Å². The molecule has 0 fully saturated rings. The molecule has 3 N–H and O–H groups in total. The molecule has 1 aliphatic heterocycles. The molecule has 2 amide bonds. The van der Waals surface area contributed by atoms with Gasteiger partial charge in [0, 0.05) is 29.7 Å². The molecule has 8 heteroatoms. The van der Waals surface area contributed by atoms with Gasteiger partial charge in [0.1, 0.15) is 11.6 Å². The number of nitrogens with two attached hydrogens (primary N) is 1. The van der Waals surface area contributed by atoms with E-state index in [0.29, 0.717) is 24.2 Å². The van der Waals surface area contributed by atoms with Crippen molar-refractivity contribution in [2.75, 3.05) is 13.1 Å². The minimum Gasteiger partial charge on any atom is -0.365 e. The number of aromatic amines is 1. The monoisotopic (exact) mass is 382 g/mol. The van der Waals surface area contributed by atoms with E-state index < -0.39 is 29.0 Å². The maximum Gasteiger partial charge on any atom is 0.298 e. The number of nitrogens with zero attached hydrogens (tertiary/aromatic N) is 2. The molecule has 28 heavy (non-hydrogen) atoms. The van der Waals surface area contributed by atoms with E-state index in [-0.39, 0.29) is 28.6 Å². The number of halogens is 2. The van der Waals surface area contributed by atoms with Crippen molar-refractivity contribution in [3.05, 3.63) is 40.1 Å². The van der Waals surface area contributed by atoms with E-state index in [1.165, 1.54) is 11.8 Å². The molecule has 2 aromatic rings. The number of benzene rings is 1. The Labute approximate surface area is 159 Å². The Balaban J connectivity index is 2.31. The lowest BCUT2D eigenvalue weighted by Gasteiger charge is -2.26. The fourth-order valence-corrected chi connectivity index (χ4v) is 3.46. The summed E-state index contributed by atoms with van der Waals surface area (Å²) in [5.41, 5.74) is 5.20. The van der Waals surface area contributed by atoms with Crippen LogP contribution in [-0.2, 0) is 4.79 Å². The zero-order chi connectivity index (χ0) is 20.6. The molecule has 0 radical (unpaired) electrons. The molecule has 6 nitrogen and oxygen atoms in total. The Morgan fingerprint density at radius 1 is 1.32 bits per heavy atom. The molecular formula is C20H16F2N4O2. The van der Waals surface area contributed by atoms with Crippen LogP contribution >= 0.6 is 0 Å². The third kappa shape index (κ3) is 2.89. The Kier molecular flexibility index (Phi) is 4.89. The van der Waals surface area contributed by atoms with Gasteiger partial charge in [-0.3, -0.25) is 9.59 Å². The molecule has 0 saturated heterocycles. The first-order valence-electron chi connectivity index (χ1n) is 8.46. The Hall–Kier alpha value is -3.65. The Morgan fingerprint density at radius 2 is 2.04 bits per heavy atom. The van der Waals surface area contributed by atoms with Crippen LogP contribution in [0.1, 0.15) is 40.5 Å². The fraction of sp³-hybridized carbons (Fsp3) is 0.250. The van der Waals surface area contributed by atoms with Crippen LogP contribution in [0.15, 0.2) is 6.08 Å². The van der Waals surface area contributed by atoms with Crippen molar-refractivity contribution in [3.63, 3.8) is 0 Å². The largest absolute Gasteiger partial charge is 0.365 e. The molecule has 3 rings (SSSR count). The van der Waals surface area contributed by atoms with Crippen LogP contribution in [0.25, 0.3) is 16.5 Å². The smallest absolute Gasteiger partial charge is 0.298 e. The molecule has 0 bridgehead atoms. The summed E-state index contributed by atoms with van der Waals surface area (Å²) in [5, 5.41) is 9.60. The predicted molar refractivity (Wildman–Crippen MR) is 98.8 cm³/mol. The predicted octanol–water partition coefficient (Wildman–Crippen LogP) is 2.36. The van der Waals surface area contributed by atoms with Gasteiger partial charge in [-0.2, -0.15) is 5.26 Å². The first-order valence-corrected chi connectivity index (χ1v) is 8.46. The lowest BCUT2D eigenvalue weighted by atomic mass is 9.92. The van der Waals surface area contributed by atoms with Crippen molar-refractivity contribution in [1.82, 2.24) is 9.88 Å². The van der Waals surface area contributed by atoms with Gasteiger partial charge >= 0.3 is 0 Å². The van der Waals surface area contributed by atoms with Gasteiger partial charge in [-0.1, -0.05) is 12.0 Å². The highest BCUT2D eigenvalue weighted by atomic mass is 19.2. The molecule has 142 valence electrons. The Bertz CT molecular complexity index is 1160. The molecule has 0 aliphatic carbocycles. The normalized spacial score (nSPS) is 13.5. The van der Waals surface area contributed by atoms with Crippen LogP contribution in [0, 0.1) is 41.7 Å². The van der Waals surface area contributed by atoms with E-state index in [1.807, 2.05) is 6.07 Å². The topological polar surface area (TPSA) is 103 Å². The number of hydrogen-bond acceptors (Lipinski definition) is 3. The number of carbonyl (C=O) groups excluding carboxylic acids is 2. The van der Waals surface area contributed by atoms with Crippen molar-refractivity contribution in [2.24, 2.45) is 5.73 Å². The number of amides is 2. The lowest BCUT2D eigenvalue weighted by molar-refractivity contribution is -0.124. The van der Waals surface area contributed by atoms with Crippen LogP contribution in [-0.4, -0.2) is 34.8 Å². The van der Waals surface area contributed by atoms with Gasteiger partial charge in [-0.05, 0) is 31.8 Å². The molecule has 0 spiro atoms. The highest BCUT2D eigenvalue weighted by molar-refractivity contribution is 6.10. The highest BCUT2D eigenvalue weighted by Crippen LogP contribution is 2.37. The van der Waals surface area contributed by atoms with Crippen LogP contribution < -0.4 is 5.73 Å². The van der Waals surface area contributed by atoms with Gasteiger partial charge in [-0.25, -0.2) is 8.78 Å². The summed E-state index contributed by atoms with van der Waals surface area (Å²) in [5.74, 6) is 0.698. The molecule has 0 atom stereocenters. The van der Waals surface area contributed by atoms with Crippen LogP contribution in [0.4, 0.5) is 8.78 Å². The minimum absolute atomic E-state index is 0.00396. The van der Waals surface area contributed by atoms with E-state index in [0.717, 1.165) is 0 Å². The number of fused-ring (bicyclic) bond motifs is 1. The molecule has 0 unspecified atom stereocenters. The summed E-state index contributed by atoms with van der Waals surface area (Å²) < 4.78 is 29.8. The number of rotatable bonds is 2. The number of H-pyrrole nitrogens is 1. The van der Waals surface area contributed by atoms with Gasteiger partial charge in [0.2, 0.25) is 0 Å². The Morgan fingerprint density at radius 3 is 2.64 bits per heavy atom. The summed E-state index contributed by atoms with van der Waals surface area (Å²) in [4.78, 5) is 28.0. The van der Waals surface area contributed by atoms with Crippen molar-refractivity contribution >= 4 is 28.3 Å². The zero-order valence-corrected chi connectivity index (χ0v) is 15.2. The van der Waals surface area contributed by atoms with Gasteiger partial charge in [0.05, 0.1) is 11.1 Å². The SMILES string of the molecule is CC#CC(=O)N1CCC=C(c2c(F)c(F)c(C(N)=O)c3[nH]c(C)c(C#N)c23)C1. The first kappa shape index (κ1) is 19.1. The maximum absolute atomic E-state index is 15.1. The fourth-order valence-electron chi connectivity index (χ4n) is 3.46. The number of carbonyl (C=O) groups is 2. The summed E-state index contributed by atoms with van der Waals surface area (Å²) in [6, 6.07) is 1.96. The van der Waals surface area contributed by atoms with Crippen LogP contribution in [0.3, 0.4) is 0 Å². The second-order valence-electron chi connectivity index (χ2n) is 6.35.